The van der Waals surface area contributed by atoms with Crippen molar-refractivity contribution in [2.75, 3.05) is 7.11 Å². The van der Waals surface area contributed by atoms with Gasteiger partial charge in [-0.25, -0.2) is 4.79 Å². The summed E-state index contributed by atoms with van der Waals surface area (Å²) in [7, 11) is 1.50. The van der Waals surface area contributed by atoms with Crippen LogP contribution in [0.25, 0.3) is 6.08 Å². The van der Waals surface area contributed by atoms with E-state index in [-0.39, 0.29) is 11.9 Å². The predicted molar refractivity (Wildman–Crippen MR) is 139 cm³/mol. The summed E-state index contributed by atoms with van der Waals surface area (Å²) in [5.74, 6) is 0.0880. The summed E-state index contributed by atoms with van der Waals surface area (Å²) in [4.78, 5) is 27.8. The van der Waals surface area contributed by atoms with Gasteiger partial charge in [-0.2, -0.15) is 0 Å². The van der Waals surface area contributed by atoms with Crippen molar-refractivity contribution in [3.63, 3.8) is 0 Å². The van der Waals surface area contributed by atoms with Gasteiger partial charge in [0.1, 0.15) is 4.32 Å². The van der Waals surface area contributed by atoms with Crippen molar-refractivity contribution in [2.45, 2.75) is 19.9 Å². The topological polar surface area (TPSA) is 55.8 Å². The molecule has 1 heterocycles. The van der Waals surface area contributed by atoms with Crippen molar-refractivity contribution in [3.05, 3.63) is 100.0 Å². The summed E-state index contributed by atoms with van der Waals surface area (Å²) in [6.45, 7) is 3.87. The van der Waals surface area contributed by atoms with Crippen molar-refractivity contribution < 1.29 is 19.1 Å². The Balaban J connectivity index is 1.54. The van der Waals surface area contributed by atoms with Crippen molar-refractivity contribution >= 4 is 46.3 Å². The minimum absolute atomic E-state index is 0.139. The lowest BCUT2D eigenvalue weighted by Gasteiger charge is -2.23. The van der Waals surface area contributed by atoms with Crippen molar-refractivity contribution in [1.82, 2.24) is 4.90 Å². The maximum absolute atomic E-state index is 13.1. The van der Waals surface area contributed by atoms with E-state index in [1.165, 1.54) is 18.9 Å². The minimum Gasteiger partial charge on any atom is -0.493 e. The van der Waals surface area contributed by atoms with Gasteiger partial charge in [0.2, 0.25) is 0 Å². The van der Waals surface area contributed by atoms with Gasteiger partial charge >= 0.3 is 5.97 Å². The largest absolute Gasteiger partial charge is 0.493 e. The minimum atomic E-state index is -0.467. The van der Waals surface area contributed by atoms with Gasteiger partial charge in [0, 0.05) is 0 Å². The number of thioether (sulfide) groups is 1. The van der Waals surface area contributed by atoms with Crippen LogP contribution >= 0.6 is 24.0 Å². The first kappa shape index (κ1) is 23.7. The molecule has 1 saturated heterocycles. The fourth-order valence-electron chi connectivity index (χ4n) is 3.63. The lowest BCUT2D eigenvalue weighted by molar-refractivity contribution is -0.123. The second kappa shape index (κ2) is 10.2. The van der Waals surface area contributed by atoms with Crippen LogP contribution in [0.4, 0.5) is 0 Å². The Bertz CT molecular complexity index is 1290. The molecule has 1 amide bonds. The third-order valence-electron chi connectivity index (χ3n) is 5.43. The van der Waals surface area contributed by atoms with E-state index in [2.05, 4.69) is 0 Å². The van der Waals surface area contributed by atoms with Gasteiger partial charge in [-0.3, -0.25) is 9.69 Å². The number of carbonyl (C=O) groups excluding carboxylic acids is 2. The summed E-state index contributed by atoms with van der Waals surface area (Å²) in [6, 6.07) is 22.0. The Kier molecular flexibility index (Phi) is 7.14. The Hall–Kier alpha value is -3.42. The highest BCUT2D eigenvalue weighted by Crippen LogP contribution is 2.39. The molecule has 0 bridgehead atoms. The van der Waals surface area contributed by atoms with Crippen LogP contribution in [-0.2, 0) is 4.79 Å². The number of methoxy groups -OCH3 is 1. The van der Waals surface area contributed by atoms with E-state index >= 15 is 0 Å². The Morgan fingerprint density at radius 1 is 1.03 bits per heavy atom. The molecule has 4 rings (SSSR count). The van der Waals surface area contributed by atoms with Gasteiger partial charge in [-0.15, -0.1) is 0 Å². The number of thiocarbonyl (C=S) groups is 1. The molecule has 0 saturated carbocycles. The molecule has 7 heteroatoms. The molecular weight excluding hydrogens is 466 g/mol. The van der Waals surface area contributed by atoms with Crippen LogP contribution in [0.15, 0.2) is 77.7 Å². The van der Waals surface area contributed by atoms with Crippen molar-refractivity contribution in [1.29, 1.82) is 0 Å². The molecule has 1 aliphatic heterocycles. The summed E-state index contributed by atoms with van der Waals surface area (Å²) in [5, 5.41) is 0. The van der Waals surface area contributed by atoms with Crippen LogP contribution in [0.5, 0.6) is 11.5 Å². The van der Waals surface area contributed by atoms with Crippen LogP contribution < -0.4 is 9.47 Å². The predicted octanol–water partition coefficient (Wildman–Crippen LogP) is 6.19. The average Bonchev–Trinajstić information content (AvgIpc) is 3.12. The van der Waals surface area contributed by atoms with Crippen LogP contribution in [0.2, 0.25) is 0 Å². The fraction of sp³-hybridized carbons (Fsp3) is 0.148. The molecule has 1 aliphatic rings. The number of carbonyl (C=O) groups is 2. The number of rotatable bonds is 6. The van der Waals surface area contributed by atoms with Gasteiger partial charge in [0.05, 0.1) is 23.6 Å². The first-order chi connectivity index (χ1) is 16.4. The molecule has 5 nitrogen and oxygen atoms in total. The number of esters is 1. The second-order valence-corrected chi connectivity index (χ2v) is 9.48. The molecule has 0 aliphatic carbocycles. The maximum Gasteiger partial charge on any atom is 0.343 e. The highest BCUT2D eigenvalue weighted by atomic mass is 32.2. The number of ether oxygens (including phenoxy) is 2. The molecule has 3 aromatic rings. The molecule has 1 unspecified atom stereocenters. The first-order valence-corrected chi connectivity index (χ1v) is 11.9. The van der Waals surface area contributed by atoms with E-state index in [1.54, 1.807) is 47.4 Å². The SMILES string of the molecule is COc1cc(/C=C2/SC(=S)N(C(C)c3ccccc3)C2=O)ccc1OC(=O)c1cccc(C)c1. The van der Waals surface area contributed by atoms with E-state index < -0.39 is 5.97 Å². The van der Waals surface area contributed by atoms with E-state index in [9.17, 15) is 9.59 Å². The molecular formula is C27H23NO4S2. The lowest BCUT2D eigenvalue weighted by atomic mass is 10.1. The van der Waals surface area contributed by atoms with Gasteiger partial charge < -0.3 is 9.47 Å². The number of amides is 1. The molecule has 34 heavy (non-hydrogen) atoms. The standard InChI is InChI=1S/C27H23NO4S2/c1-17-8-7-11-21(14-17)26(30)32-22-13-12-19(15-23(22)31-3)16-24-25(29)28(27(33)34-24)18(2)20-9-5-4-6-10-20/h4-16,18H,1-3H3/b24-16+. The monoisotopic (exact) mass is 489 g/mol. The number of hydrogen-bond acceptors (Lipinski definition) is 6. The molecule has 0 radical (unpaired) electrons. The highest BCUT2D eigenvalue weighted by Gasteiger charge is 2.35. The van der Waals surface area contributed by atoms with Gasteiger partial charge in [0.15, 0.2) is 11.5 Å². The molecule has 1 atom stereocenters. The number of benzene rings is 3. The fourth-order valence-corrected chi connectivity index (χ4v) is 5.05. The summed E-state index contributed by atoms with van der Waals surface area (Å²) < 4.78 is 11.5. The molecule has 0 spiro atoms. The smallest absolute Gasteiger partial charge is 0.343 e. The third-order valence-corrected chi connectivity index (χ3v) is 6.77. The summed E-state index contributed by atoms with van der Waals surface area (Å²) >= 11 is 6.77. The van der Waals surface area contributed by atoms with Crippen LogP contribution in [0.3, 0.4) is 0 Å². The first-order valence-electron chi connectivity index (χ1n) is 10.7. The zero-order chi connectivity index (χ0) is 24.2. The van der Waals surface area contributed by atoms with Gasteiger partial charge in [-0.1, -0.05) is 78.1 Å². The number of hydrogen-bond donors (Lipinski definition) is 0. The lowest BCUT2D eigenvalue weighted by Crippen LogP contribution is -2.30. The quantitative estimate of drug-likeness (QED) is 0.178. The zero-order valence-corrected chi connectivity index (χ0v) is 20.6. The van der Waals surface area contributed by atoms with E-state index in [0.717, 1.165) is 16.7 Å². The Labute approximate surface area is 208 Å². The van der Waals surface area contributed by atoms with E-state index in [0.29, 0.717) is 26.3 Å². The highest BCUT2D eigenvalue weighted by molar-refractivity contribution is 8.26. The Morgan fingerprint density at radius 3 is 2.50 bits per heavy atom. The number of nitrogens with zero attached hydrogens (tertiary/aromatic N) is 1. The van der Waals surface area contributed by atoms with Crippen LogP contribution in [0.1, 0.15) is 40.0 Å². The number of aryl methyl sites for hydroxylation is 1. The zero-order valence-electron chi connectivity index (χ0n) is 19.0. The van der Waals surface area contributed by atoms with Crippen LogP contribution in [-0.4, -0.2) is 28.2 Å². The normalized spacial score (nSPS) is 15.5. The molecule has 0 N–H and O–H groups in total. The third kappa shape index (κ3) is 5.05. The van der Waals surface area contributed by atoms with Gasteiger partial charge in [-0.05, 0) is 55.3 Å². The van der Waals surface area contributed by atoms with E-state index in [4.69, 9.17) is 21.7 Å². The van der Waals surface area contributed by atoms with Gasteiger partial charge in [0.25, 0.3) is 5.91 Å². The van der Waals surface area contributed by atoms with E-state index in [1.807, 2.05) is 50.2 Å². The molecule has 1 fully saturated rings. The molecule has 3 aromatic carbocycles. The molecule has 172 valence electrons. The summed E-state index contributed by atoms with van der Waals surface area (Å²) in [6.07, 6.45) is 1.77. The average molecular weight is 490 g/mol. The summed E-state index contributed by atoms with van der Waals surface area (Å²) in [5.41, 5.74) is 3.18. The van der Waals surface area contributed by atoms with Crippen molar-refractivity contribution in [3.8, 4) is 11.5 Å². The van der Waals surface area contributed by atoms with Crippen molar-refractivity contribution in [2.24, 2.45) is 0 Å². The molecule has 0 aromatic heterocycles. The maximum atomic E-state index is 13.1. The second-order valence-electron chi connectivity index (χ2n) is 7.81. The Morgan fingerprint density at radius 2 is 1.79 bits per heavy atom. The van der Waals surface area contributed by atoms with Crippen LogP contribution in [0, 0.1) is 6.92 Å².